The van der Waals surface area contributed by atoms with Crippen molar-refractivity contribution >= 4 is 23.6 Å². The van der Waals surface area contributed by atoms with Gasteiger partial charge in [0.25, 0.3) is 5.91 Å². The average Bonchev–Trinajstić information content (AvgIpc) is 3.39. The van der Waals surface area contributed by atoms with E-state index in [1.54, 1.807) is 6.20 Å². The van der Waals surface area contributed by atoms with Crippen molar-refractivity contribution in [3.8, 4) is 0 Å². The maximum Gasteiger partial charge on any atom is 0.256 e. The number of pyridine rings is 1. The van der Waals surface area contributed by atoms with Gasteiger partial charge in [-0.1, -0.05) is 32.1 Å². The minimum Gasteiger partial charge on any atom is -0.307 e. The smallest absolute Gasteiger partial charge is 0.256 e. The summed E-state index contributed by atoms with van der Waals surface area (Å²) in [5.41, 5.74) is 5.80. The van der Waals surface area contributed by atoms with Gasteiger partial charge in [-0.05, 0) is 66.8 Å². The summed E-state index contributed by atoms with van der Waals surface area (Å²) in [5.74, 6) is 0.348. The van der Waals surface area contributed by atoms with Crippen LogP contribution in [0.1, 0.15) is 48.7 Å². The van der Waals surface area contributed by atoms with E-state index < -0.39 is 0 Å². The fourth-order valence-electron chi connectivity index (χ4n) is 5.05. The number of nitrogens with one attached hydrogen (secondary N) is 1. The van der Waals surface area contributed by atoms with Crippen molar-refractivity contribution in [1.82, 2.24) is 14.8 Å². The van der Waals surface area contributed by atoms with Crippen LogP contribution < -0.4 is 10.3 Å². The summed E-state index contributed by atoms with van der Waals surface area (Å²) in [5, 5.41) is 13.9. The number of likely N-dealkylation sites (N-methyl/N-ethyl adjacent to an activating group) is 1. The van der Waals surface area contributed by atoms with Gasteiger partial charge in [0.1, 0.15) is 5.82 Å². The van der Waals surface area contributed by atoms with E-state index in [2.05, 4.69) is 69.5 Å². The van der Waals surface area contributed by atoms with Crippen LogP contribution in [-0.2, 0) is 5.41 Å². The Labute approximate surface area is 225 Å². The molecule has 0 aliphatic carbocycles. The third-order valence-electron chi connectivity index (χ3n) is 7.62. The van der Waals surface area contributed by atoms with Crippen molar-refractivity contribution in [2.75, 3.05) is 56.6 Å². The number of carbonyl (C=O) groups excluding carboxylic acids is 1. The molecule has 0 spiro atoms. The van der Waals surface area contributed by atoms with E-state index in [0.29, 0.717) is 30.5 Å². The Kier molecular flexibility index (Phi) is 7.40. The highest BCUT2D eigenvalue weighted by molar-refractivity contribution is 6.04. The van der Waals surface area contributed by atoms with Crippen LogP contribution >= 0.6 is 0 Å². The van der Waals surface area contributed by atoms with E-state index in [1.165, 1.54) is 5.57 Å². The van der Waals surface area contributed by atoms with E-state index in [9.17, 15) is 4.79 Å². The van der Waals surface area contributed by atoms with Crippen LogP contribution in [0.4, 0.5) is 11.5 Å². The van der Waals surface area contributed by atoms with Crippen LogP contribution in [0.3, 0.4) is 0 Å². The van der Waals surface area contributed by atoms with Crippen molar-refractivity contribution in [2.45, 2.75) is 45.6 Å². The summed E-state index contributed by atoms with van der Waals surface area (Å²) in [6.45, 7) is 14.0. The average molecular weight is 515 g/mol. The first-order valence-electron chi connectivity index (χ1n) is 13.4. The molecular formula is C29H38N8O. The summed E-state index contributed by atoms with van der Waals surface area (Å²) < 4.78 is 0. The van der Waals surface area contributed by atoms with Gasteiger partial charge in [-0.25, -0.2) is 9.99 Å². The number of piperazine rings is 1. The minimum absolute atomic E-state index is 0.0272. The molecule has 0 bridgehead atoms. The van der Waals surface area contributed by atoms with Gasteiger partial charge in [0, 0.05) is 50.2 Å². The molecule has 3 aliphatic heterocycles. The van der Waals surface area contributed by atoms with Crippen LogP contribution in [0.15, 0.2) is 63.1 Å². The molecule has 1 fully saturated rings. The summed E-state index contributed by atoms with van der Waals surface area (Å²) in [4.78, 5) is 27.0. The number of nitrogens with zero attached hydrogens (tertiary/aromatic N) is 7. The number of aliphatic imine (C=N–C) groups is 1. The zero-order valence-electron chi connectivity index (χ0n) is 23.1. The molecule has 1 unspecified atom stereocenters. The lowest BCUT2D eigenvalue weighted by atomic mass is 9.88. The number of rotatable bonds is 4. The fraction of sp³-hybridized carbons (Fsp3) is 0.483. The Bertz CT molecular complexity index is 1280. The Hall–Kier alpha value is -3.43. The van der Waals surface area contributed by atoms with E-state index in [0.717, 1.165) is 55.1 Å². The highest BCUT2D eigenvalue weighted by Crippen LogP contribution is 2.31. The first kappa shape index (κ1) is 26.2. The largest absolute Gasteiger partial charge is 0.307 e. The molecule has 200 valence electrons. The molecule has 5 rings (SSSR count). The van der Waals surface area contributed by atoms with E-state index >= 15 is 0 Å². The molecule has 1 amide bonds. The predicted molar refractivity (Wildman–Crippen MR) is 152 cm³/mol. The second-order valence-corrected chi connectivity index (χ2v) is 11.5. The lowest BCUT2D eigenvalue weighted by molar-refractivity contribution is 0.102. The quantitative estimate of drug-likeness (QED) is 0.650. The number of anilines is 2. The van der Waals surface area contributed by atoms with Gasteiger partial charge >= 0.3 is 0 Å². The first-order chi connectivity index (χ1) is 18.2. The van der Waals surface area contributed by atoms with Gasteiger partial charge in [-0.3, -0.25) is 14.7 Å². The number of aryl methyl sites for hydroxylation is 1. The molecule has 9 heteroatoms. The van der Waals surface area contributed by atoms with E-state index in [1.807, 2.05) is 42.3 Å². The monoisotopic (exact) mass is 514 g/mol. The minimum atomic E-state index is -0.198. The van der Waals surface area contributed by atoms with Crippen LogP contribution in [-0.4, -0.2) is 79.3 Å². The lowest BCUT2D eigenvalue weighted by Gasteiger charge is -2.37. The van der Waals surface area contributed by atoms with Gasteiger partial charge in [0.15, 0.2) is 0 Å². The summed E-state index contributed by atoms with van der Waals surface area (Å²) >= 11 is 0. The summed E-state index contributed by atoms with van der Waals surface area (Å²) in [6.07, 6.45) is 4.79. The maximum atomic E-state index is 13.1. The van der Waals surface area contributed by atoms with Crippen molar-refractivity contribution in [3.05, 3.63) is 64.5 Å². The zero-order chi connectivity index (χ0) is 26.9. The molecule has 1 saturated heterocycles. The van der Waals surface area contributed by atoms with Crippen LogP contribution in [0.2, 0.25) is 0 Å². The van der Waals surface area contributed by atoms with Crippen LogP contribution in [0.5, 0.6) is 0 Å². The molecule has 9 nitrogen and oxygen atoms in total. The van der Waals surface area contributed by atoms with Gasteiger partial charge in [-0.15, -0.1) is 5.11 Å². The predicted octanol–water partition coefficient (Wildman–Crippen LogP) is 4.47. The third kappa shape index (κ3) is 5.84. The first-order valence-corrected chi connectivity index (χ1v) is 13.4. The molecule has 1 aromatic carbocycles. The fourth-order valence-corrected chi connectivity index (χ4v) is 5.05. The zero-order valence-corrected chi connectivity index (χ0v) is 23.1. The van der Waals surface area contributed by atoms with E-state index in [4.69, 9.17) is 0 Å². The molecule has 0 radical (unpaired) electrons. The van der Waals surface area contributed by atoms with Crippen LogP contribution in [0, 0.1) is 6.92 Å². The lowest BCUT2D eigenvalue weighted by Crippen LogP contribution is -2.50. The summed E-state index contributed by atoms with van der Waals surface area (Å²) in [7, 11) is 2.18. The maximum absolute atomic E-state index is 13.1. The molecule has 0 saturated carbocycles. The van der Waals surface area contributed by atoms with Gasteiger partial charge in [0.2, 0.25) is 0 Å². The number of hydrogen-bond donors (Lipinski definition) is 1. The molecule has 3 aliphatic rings. The molecular weight excluding hydrogens is 476 g/mol. The van der Waals surface area contributed by atoms with Crippen LogP contribution in [0.25, 0.3) is 0 Å². The number of benzene rings is 1. The van der Waals surface area contributed by atoms with Gasteiger partial charge in [0.05, 0.1) is 24.5 Å². The number of aromatic nitrogens is 1. The summed E-state index contributed by atoms with van der Waals surface area (Å²) in [6, 6.07) is 9.92. The number of amides is 1. The highest BCUT2D eigenvalue weighted by Gasteiger charge is 2.28. The molecule has 38 heavy (non-hydrogen) atoms. The van der Waals surface area contributed by atoms with Crippen molar-refractivity contribution < 1.29 is 4.79 Å². The third-order valence-corrected chi connectivity index (χ3v) is 7.62. The Morgan fingerprint density at radius 2 is 1.87 bits per heavy atom. The van der Waals surface area contributed by atoms with Gasteiger partial charge in [-0.2, -0.15) is 0 Å². The van der Waals surface area contributed by atoms with E-state index in [-0.39, 0.29) is 11.3 Å². The number of hydrogen-bond acceptors (Lipinski definition) is 8. The molecule has 1 atom stereocenters. The molecule has 2 aromatic rings. The Morgan fingerprint density at radius 3 is 2.63 bits per heavy atom. The van der Waals surface area contributed by atoms with Crippen molar-refractivity contribution in [1.29, 1.82) is 0 Å². The Balaban J connectivity index is 1.28. The molecule has 4 heterocycles. The Morgan fingerprint density at radius 1 is 1.08 bits per heavy atom. The van der Waals surface area contributed by atoms with Crippen molar-refractivity contribution in [3.63, 3.8) is 0 Å². The molecule has 1 N–H and O–H groups in total. The second-order valence-electron chi connectivity index (χ2n) is 11.5. The SMILES string of the molecule is Cc1ccc(C(=O)Nc2cc(C(C)(C)C)ccn2)cc1N1C/C(=C2/CN=CC(N3CCN(C)CC3)C2)N=N1. The highest BCUT2D eigenvalue weighted by atomic mass is 16.1. The standard InChI is InChI=1S/C29H38N8O/c1-20-6-7-21(28(38)32-27-16-23(8-9-31-27)29(2,3)4)15-26(20)37-19-25(33-34-37)22-14-24(18-30-17-22)36-12-10-35(5)11-13-36/h6-9,15-16,18,24H,10-14,17,19H2,1-5H3,(H,31,32,38)/b25-22-. The topological polar surface area (TPSA) is 88.8 Å². The normalized spacial score (nSPS) is 22.8. The van der Waals surface area contributed by atoms with Gasteiger partial charge < -0.3 is 10.2 Å². The number of carbonyl (C=O) groups is 1. The second kappa shape index (κ2) is 10.7. The van der Waals surface area contributed by atoms with Crippen molar-refractivity contribution in [2.24, 2.45) is 15.3 Å². The molecule has 1 aromatic heterocycles.